The number of halogens is 1. The molecule has 0 aromatic heterocycles. The summed E-state index contributed by atoms with van der Waals surface area (Å²) >= 11 is 0. The summed E-state index contributed by atoms with van der Waals surface area (Å²) in [4.78, 5) is 25.4. The normalized spacial score (nSPS) is 52.8. The second kappa shape index (κ2) is 4.73. The molecule has 0 aliphatic heterocycles. The Hall–Kier alpha value is -1.06. The van der Waals surface area contributed by atoms with Gasteiger partial charge in [0.2, 0.25) is 0 Å². The number of nitrogens with one attached hydrogen (secondary N) is 1. The Morgan fingerprint density at radius 3 is 2.61 bits per heavy atom. The molecule has 0 amide bonds. The Morgan fingerprint density at radius 2 is 1.87 bits per heavy atom. The highest BCUT2D eigenvalue weighted by Crippen LogP contribution is 2.64. The molecule has 126 valence electrons. The summed E-state index contributed by atoms with van der Waals surface area (Å²) < 4.78 is 15.1. The molecular formula is C19H26FNO2. The molecule has 4 heteroatoms. The maximum atomic E-state index is 15.1. The second-order valence-corrected chi connectivity index (χ2v) is 8.85. The lowest BCUT2D eigenvalue weighted by molar-refractivity contribution is -0.169. The molecule has 4 aliphatic carbocycles. The summed E-state index contributed by atoms with van der Waals surface area (Å²) in [5.74, 6) is -0.0496. The van der Waals surface area contributed by atoms with Gasteiger partial charge in [-0.1, -0.05) is 6.92 Å². The fourth-order valence-corrected chi connectivity index (χ4v) is 6.62. The predicted octanol–water partition coefficient (Wildman–Crippen LogP) is 3.74. The molecule has 7 atom stereocenters. The van der Waals surface area contributed by atoms with Crippen LogP contribution in [-0.4, -0.2) is 23.4 Å². The zero-order chi connectivity index (χ0) is 16.6. The van der Waals surface area contributed by atoms with Crippen molar-refractivity contribution in [3.8, 4) is 0 Å². The summed E-state index contributed by atoms with van der Waals surface area (Å²) in [5.41, 5.74) is -0.461. The molecule has 5 unspecified atom stereocenters. The van der Waals surface area contributed by atoms with Gasteiger partial charge in [0.15, 0.2) is 12.0 Å². The van der Waals surface area contributed by atoms with Crippen molar-refractivity contribution >= 4 is 17.3 Å². The maximum Gasteiger partial charge on any atom is 0.171 e. The third kappa shape index (κ3) is 1.78. The zero-order valence-electron chi connectivity index (χ0n) is 14.0. The molecule has 3 nitrogen and oxygen atoms in total. The maximum absolute atomic E-state index is 15.1. The van der Waals surface area contributed by atoms with E-state index >= 15 is 4.39 Å². The summed E-state index contributed by atoms with van der Waals surface area (Å²) in [6.45, 7) is 3.86. The van der Waals surface area contributed by atoms with Crippen molar-refractivity contribution in [2.24, 2.45) is 34.5 Å². The van der Waals surface area contributed by atoms with E-state index < -0.39 is 11.6 Å². The quantitative estimate of drug-likeness (QED) is 0.739. The van der Waals surface area contributed by atoms with Crippen molar-refractivity contribution in [3.63, 3.8) is 0 Å². The summed E-state index contributed by atoms with van der Waals surface area (Å²) in [6, 6.07) is 0. The van der Waals surface area contributed by atoms with Gasteiger partial charge in [-0.2, -0.15) is 0 Å². The van der Waals surface area contributed by atoms with Gasteiger partial charge in [0, 0.05) is 18.1 Å². The van der Waals surface area contributed by atoms with Gasteiger partial charge in [-0.15, -0.1) is 0 Å². The fourth-order valence-electron chi connectivity index (χ4n) is 6.62. The van der Waals surface area contributed by atoms with Crippen molar-refractivity contribution in [2.45, 2.75) is 65.0 Å². The number of Topliss-reactive ketones (excluding diaryl/α,β-unsaturated/α-hetero) is 2. The number of rotatable bonds is 0. The number of ketones is 2. The largest absolute Gasteiger partial charge is 0.310 e. The van der Waals surface area contributed by atoms with E-state index in [0.717, 1.165) is 44.2 Å². The van der Waals surface area contributed by atoms with E-state index in [0.29, 0.717) is 12.3 Å². The van der Waals surface area contributed by atoms with Crippen LogP contribution in [0.15, 0.2) is 0 Å². The van der Waals surface area contributed by atoms with E-state index in [1.165, 1.54) is 0 Å². The molecule has 0 heterocycles. The van der Waals surface area contributed by atoms with Crippen LogP contribution in [0.1, 0.15) is 58.8 Å². The van der Waals surface area contributed by atoms with Gasteiger partial charge in [-0.3, -0.25) is 9.59 Å². The average Bonchev–Trinajstić information content (AvgIpc) is 2.82. The molecule has 4 rings (SSSR count). The summed E-state index contributed by atoms with van der Waals surface area (Å²) in [5, 5.41) is 7.99. The Labute approximate surface area is 136 Å². The monoisotopic (exact) mass is 319 g/mol. The van der Waals surface area contributed by atoms with Crippen LogP contribution in [0.4, 0.5) is 4.39 Å². The van der Waals surface area contributed by atoms with Gasteiger partial charge in [-0.25, -0.2) is 4.39 Å². The highest BCUT2D eigenvalue weighted by atomic mass is 19.1. The average molecular weight is 319 g/mol. The van der Waals surface area contributed by atoms with Crippen LogP contribution in [0.3, 0.4) is 0 Å². The lowest BCUT2D eigenvalue weighted by atomic mass is 9.44. The number of carbonyl (C=O) groups is 2. The topological polar surface area (TPSA) is 58.0 Å². The van der Waals surface area contributed by atoms with Crippen LogP contribution in [0.2, 0.25) is 0 Å². The van der Waals surface area contributed by atoms with Gasteiger partial charge in [0.1, 0.15) is 5.78 Å². The third-order valence-electron chi connectivity index (χ3n) is 8.03. The first-order valence-electron chi connectivity index (χ1n) is 9.07. The first kappa shape index (κ1) is 15.5. The number of alkyl halides is 1. The Balaban J connectivity index is 1.76. The van der Waals surface area contributed by atoms with Gasteiger partial charge in [0.25, 0.3) is 0 Å². The summed E-state index contributed by atoms with van der Waals surface area (Å²) in [7, 11) is 0. The smallest absolute Gasteiger partial charge is 0.171 e. The molecule has 0 spiro atoms. The highest BCUT2D eigenvalue weighted by Gasteiger charge is 2.67. The minimum Gasteiger partial charge on any atom is -0.310 e. The van der Waals surface area contributed by atoms with Gasteiger partial charge in [0.05, 0.1) is 5.41 Å². The second-order valence-electron chi connectivity index (χ2n) is 8.85. The molecule has 23 heavy (non-hydrogen) atoms. The zero-order valence-corrected chi connectivity index (χ0v) is 14.0. The van der Waals surface area contributed by atoms with Crippen molar-refractivity contribution in [1.29, 1.82) is 5.41 Å². The SMILES string of the molecule is C[C@]12CCC(=N)CC1CCC1C2C(=O)C(F)[C@]2(C)C(=O)CCC12. The molecule has 4 saturated carbocycles. The minimum absolute atomic E-state index is 0.0341. The van der Waals surface area contributed by atoms with E-state index in [1.54, 1.807) is 6.92 Å². The van der Waals surface area contributed by atoms with Crippen molar-refractivity contribution < 1.29 is 14.0 Å². The van der Waals surface area contributed by atoms with E-state index in [1.807, 2.05) is 0 Å². The van der Waals surface area contributed by atoms with E-state index in [9.17, 15) is 9.59 Å². The molecule has 0 aromatic carbocycles. The molecule has 0 bridgehead atoms. The van der Waals surface area contributed by atoms with E-state index in [2.05, 4.69) is 6.92 Å². The van der Waals surface area contributed by atoms with Crippen LogP contribution >= 0.6 is 0 Å². The van der Waals surface area contributed by atoms with E-state index in [-0.39, 0.29) is 34.7 Å². The van der Waals surface area contributed by atoms with Gasteiger partial charge >= 0.3 is 0 Å². The van der Waals surface area contributed by atoms with Crippen molar-refractivity contribution in [2.75, 3.05) is 0 Å². The Morgan fingerprint density at radius 1 is 1.13 bits per heavy atom. The first-order valence-corrected chi connectivity index (χ1v) is 9.07. The first-order chi connectivity index (χ1) is 10.8. The molecule has 4 aliphatic rings. The van der Waals surface area contributed by atoms with Crippen LogP contribution < -0.4 is 0 Å². The summed E-state index contributed by atoms with van der Waals surface area (Å²) in [6.07, 6.45) is 3.83. The molecule has 0 radical (unpaired) electrons. The van der Waals surface area contributed by atoms with Gasteiger partial charge in [-0.05, 0) is 68.6 Å². The number of fused-ring (bicyclic) bond motifs is 5. The molecular weight excluding hydrogens is 293 g/mol. The van der Waals surface area contributed by atoms with Crippen LogP contribution in [0, 0.1) is 39.9 Å². The Kier molecular flexibility index (Phi) is 3.18. The standard InChI is InChI=1S/C19H26FNO2/c1-18-8-7-11(21)9-10(18)3-4-12-13-5-6-14(22)19(13,2)17(20)16(23)15(12)18/h10,12-13,15,17,21H,3-9H2,1-2H3/t10?,12?,13?,15?,17?,18-,19-/m0/s1. The molecule has 0 aromatic rings. The Bertz CT molecular complexity index is 602. The van der Waals surface area contributed by atoms with Crippen LogP contribution in [-0.2, 0) is 9.59 Å². The highest BCUT2D eigenvalue weighted by molar-refractivity contribution is 5.98. The number of carbonyl (C=O) groups excluding carboxylic acids is 2. The predicted molar refractivity (Wildman–Crippen MR) is 85.1 cm³/mol. The number of hydrogen-bond acceptors (Lipinski definition) is 3. The lowest BCUT2D eigenvalue weighted by Gasteiger charge is -2.59. The minimum atomic E-state index is -1.62. The van der Waals surface area contributed by atoms with Crippen LogP contribution in [0.5, 0.6) is 0 Å². The van der Waals surface area contributed by atoms with E-state index in [4.69, 9.17) is 5.41 Å². The van der Waals surface area contributed by atoms with Crippen molar-refractivity contribution in [3.05, 3.63) is 0 Å². The van der Waals surface area contributed by atoms with Gasteiger partial charge < -0.3 is 5.41 Å². The third-order valence-corrected chi connectivity index (χ3v) is 8.03. The number of hydrogen-bond donors (Lipinski definition) is 1. The fraction of sp³-hybridized carbons (Fsp3) is 0.842. The molecule has 1 N–H and O–H groups in total. The lowest BCUT2D eigenvalue weighted by Crippen LogP contribution is -2.62. The molecule has 0 saturated heterocycles. The molecule has 4 fully saturated rings. The van der Waals surface area contributed by atoms with Crippen LogP contribution in [0.25, 0.3) is 0 Å². The van der Waals surface area contributed by atoms with Crippen molar-refractivity contribution in [1.82, 2.24) is 0 Å².